The number of anilines is 3. The van der Waals surface area contributed by atoms with E-state index < -0.39 is 0 Å². The van der Waals surface area contributed by atoms with Gasteiger partial charge in [-0.2, -0.15) is 0 Å². The molecule has 3 fully saturated rings. The van der Waals surface area contributed by atoms with E-state index in [1.165, 1.54) is 46.1 Å². The first kappa shape index (κ1) is 59.5. The Morgan fingerprint density at radius 3 is 1.14 bits per heavy atom. The lowest BCUT2D eigenvalue weighted by molar-refractivity contribution is 0.0968. The van der Waals surface area contributed by atoms with E-state index in [1.54, 1.807) is 42.5 Å². The standard InChI is InChI=1S/2C23H20ClNO2S.C23H20FNO2S/c1-14-2-5-17(20(26)12-15-3-4-15)13-19(14)25-23(27)22-11-10-21(28-22)16-6-8-18(24)9-7-16;1-14-6-9-16(20(26)12-15-7-8-15)13-19(14)25-23(27)22-11-10-21(28-22)17-4-2-3-5-18(17)24;1-14-2-5-17(20(26)12-15-3-4-15)13-19(14)25-23(27)22-11-10-21(28-22)16-6-8-18(24)9-7-16/h2,5-11,13,15H,3-4,12H2,1H3,(H,25,27);2-6,9-11,13,15H,7-8,12H2,1H3,(H,25,27);2,5-11,13,15H,3-4,12H2,1H3,(H,25,27). The zero-order chi connectivity index (χ0) is 59.0. The van der Waals surface area contributed by atoms with Gasteiger partial charge in [-0.1, -0.05) is 102 Å². The van der Waals surface area contributed by atoms with Gasteiger partial charge < -0.3 is 16.0 Å². The summed E-state index contributed by atoms with van der Waals surface area (Å²) in [4.78, 5) is 79.9. The lowest BCUT2D eigenvalue weighted by Gasteiger charge is -2.10. The Balaban J connectivity index is 0.000000140. The number of halogens is 3. The Hall–Kier alpha value is -7.65. The zero-order valence-electron chi connectivity index (χ0n) is 46.5. The van der Waals surface area contributed by atoms with Crippen molar-refractivity contribution in [1.82, 2.24) is 0 Å². The molecule has 3 heterocycles. The number of benzene rings is 6. The highest BCUT2D eigenvalue weighted by Gasteiger charge is 2.28. The van der Waals surface area contributed by atoms with Crippen molar-refractivity contribution < 1.29 is 33.2 Å². The summed E-state index contributed by atoms with van der Waals surface area (Å²) in [7, 11) is 0. The van der Waals surface area contributed by atoms with Gasteiger partial charge in [0.05, 0.1) is 14.6 Å². The van der Waals surface area contributed by atoms with Crippen LogP contribution in [0.2, 0.25) is 10.0 Å². The van der Waals surface area contributed by atoms with Crippen LogP contribution in [0.5, 0.6) is 0 Å². The smallest absolute Gasteiger partial charge is 0.265 e. The number of Topliss-reactive ketones (excluding diaryl/α,β-unsaturated/α-hetero) is 3. The first-order valence-electron chi connectivity index (χ1n) is 27.9. The second-order valence-corrected chi connectivity index (χ2v) is 25.7. The van der Waals surface area contributed by atoms with E-state index >= 15 is 0 Å². The highest BCUT2D eigenvalue weighted by atomic mass is 35.5. The number of rotatable bonds is 18. The van der Waals surface area contributed by atoms with Gasteiger partial charge in [0.2, 0.25) is 0 Å². The number of amides is 3. The quantitative estimate of drug-likeness (QED) is 0.0732. The third-order valence-corrected chi connectivity index (χ3v) is 18.8. The summed E-state index contributed by atoms with van der Waals surface area (Å²) >= 11 is 16.4. The molecule has 0 aliphatic heterocycles. The van der Waals surface area contributed by atoms with Crippen LogP contribution >= 0.6 is 57.2 Å². The van der Waals surface area contributed by atoms with Crippen LogP contribution in [0.1, 0.15) is 135 Å². The largest absolute Gasteiger partial charge is 0.321 e. The average Bonchev–Trinajstić information content (AvgIpc) is 4.56. The number of nitrogens with one attached hydrogen (secondary N) is 3. The molecule has 9 nitrogen and oxygen atoms in total. The molecule has 3 aromatic heterocycles. The first-order valence-corrected chi connectivity index (χ1v) is 31.1. The van der Waals surface area contributed by atoms with Crippen molar-refractivity contribution in [2.24, 2.45) is 17.8 Å². The first-order chi connectivity index (χ1) is 40.5. The molecule has 9 aromatic rings. The van der Waals surface area contributed by atoms with Crippen LogP contribution in [-0.2, 0) is 0 Å². The summed E-state index contributed by atoms with van der Waals surface area (Å²) in [5.41, 5.74) is 9.58. The molecule has 0 atom stereocenters. The van der Waals surface area contributed by atoms with Crippen LogP contribution in [0.25, 0.3) is 31.3 Å². The molecular formula is C69H60Cl2FN3O6S3. The number of carbonyl (C=O) groups excluding carboxylic acids is 6. The molecule has 12 rings (SSSR count). The molecule has 0 bridgehead atoms. The predicted octanol–water partition coefficient (Wildman–Crippen LogP) is 19.3. The number of thiophene rings is 3. The van der Waals surface area contributed by atoms with Gasteiger partial charge in [-0.25, -0.2) is 4.39 Å². The van der Waals surface area contributed by atoms with Crippen molar-refractivity contribution in [3.8, 4) is 31.3 Å². The van der Waals surface area contributed by atoms with E-state index in [1.807, 2.05) is 130 Å². The van der Waals surface area contributed by atoms with Crippen LogP contribution in [0.15, 0.2) is 164 Å². The second kappa shape index (κ2) is 26.9. The molecule has 0 radical (unpaired) electrons. The maximum atomic E-state index is 13.1. The minimum atomic E-state index is -0.287. The number of ketones is 3. The van der Waals surface area contributed by atoms with Gasteiger partial charge in [0.1, 0.15) is 5.82 Å². The third-order valence-electron chi connectivity index (χ3n) is 14.8. The highest BCUT2D eigenvalue weighted by Crippen LogP contribution is 2.38. The van der Waals surface area contributed by atoms with Gasteiger partial charge in [0.25, 0.3) is 17.7 Å². The fourth-order valence-corrected chi connectivity index (χ4v) is 12.3. The van der Waals surface area contributed by atoms with E-state index in [0.29, 0.717) is 95.4 Å². The van der Waals surface area contributed by atoms with Crippen molar-refractivity contribution in [2.75, 3.05) is 16.0 Å². The fourth-order valence-electron chi connectivity index (χ4n) is 9.17. The van der Waals surface area contributed by atoms with Gasteiger partial charge in [-0.3, -0.25) is 28.8 Å². The average molecular weight is 1210 g/mol. The third kappa shape index (κ3) is 16.0. The number of aryl methyl sites for hydroxylation is 3. The van der Waals surface area contributed by atoms with E-state index in [0.717, 1.165) is 86.5 Å². The Morgan fingerprint density at radius 2 is 0.774 bits per heavy atom. The minimum Gasteiger partial charge on any atom is -0.321 e. The van der Waals surface area contributed by atoms with Crippen LogP contribution in [0, 0.1) is 44.3 Å². The van der Waals surface area contributed by atoms with Crippen LogP contribution in [0.4, 0.5) is 21.5 Å². The van der Waals surface area contributed by atoms with Crippen molar-refractivity contribution >= 4 is 109 Å². The normalized spacial score (nSPS) is 13.4. The summed E-state index contributed by atoms with van der Waals surface area (Å²) in [6.07, 6.45) is 8.65. The number of carbonyl (C=O) groups is 6. The van der Waals surface area contributed by atoms with Crippen LogP contribution in [0.3, 0.4) is 0 Å². The van der Waals surface area contributed by atoms with Gasteiger partial charge in [0, 0.05) is 83.3 Å². The summed E-state index contributed by atoms with van der Waals surface area (Å²) < 4.78 is 13.1. The Bertz CT molecular complexity index is 3760. The van der Waals surface area contributed by atoms with Crippen molar-refractivity contribution in [3.05, 3.63) is 228 Å². The number of hydrogen-bond acceptors (Lipinski definition) is 9. The molecule has 3 saturated carbocycles. The molecule has 3 aliphatic rings. The number of hydrogen-bond donors (Lipinski definition) is 3. The van der Waals surface area contributed by atoms with Gasteiger partial charge in [-0.15, -0.1) is 34.0 Å². The van der Waals surface area contributed by atoms with Gasteiger partial charge in [-0.05, 0) is 190 Å². The molecule has 3 aliphatic carbocycles. The fraction of sp³-hybridized carbons (Fsp3) is 0.217. The molecular weight excluding hydrogens is 1150 g/mol. The van der Waals surface area contributed by atoms with E-state index in [9.17, 15) is 33.2 Å². The Labute approximate surface area is 510 Å². The van der Waals surface area contributed by atoms with E-state index in [4.69, 9.17) is 23.2 Å². The molecule has 3 N–H and O–H groups in total. The Kier molecular flexibility index (Phi) is 19.1. The molecule has 6 aromatic carbocycles. The molecule has 426 valence electrons. The van der Waals surface area contributed by atoms with E-state index in [-0.39, 0.29) is 40.9 Å². The van der Waals surface area contributed by atoms with E-state index in [2.05, 4.69) is 16.0 Å². The maximum absolute atomic E-state index is 13.1. The summed E-state index contributed by atoms with van der Waals surface area (Å²) in [6, 6.07) is 48.9. The van der Waals surface area contributed by atoms with Crippen LogP contribution in [-0.4, -0.2) is 35.1 Å². The van der Waals surface area contributed by atoms with Crippen LogP contribution < -0.4 is 16.0 Å². The maximum Gasteiger partial charge on any atom is 0.265 e. The van der Waals surface area contributed by atoms with Crippen molar-refractivity contribution in [2.45, 2.75) is 78.6 Å². The minimum absolute atomic E-state index is 0.132. The van der Waals surface area contributed by atoms with Gasteiger partial charge >= 0.3 is 0 Å². The van der Waals surface area contributed by atoms with Gasteiger partial charge in [0.15, 0.2) is 17.3 Å². The van der Waals surface area contributed by atoms with Crippen molar-refractivity contribution in [1.29, 1.82) is 0 Å². The zero-order valence-corrected chi connectivity index (χ0v) is 50.5. The SMILES string of the molecule is Cc1ccc(C(=O)CC2CC2)cc1NC(=O)c1ccc(-c2ccc(Cl)cc2)s1.Cc1ccc(C(=O)CC2CC2)cc1NC(=O)c1ccc(-c2ccc(F)cc2)s1.Cc1ccc(C(=O)CC2CC2)cc1NC(=O)c1ccc(-c2ccccc2Cl)s1. The highest BCUT2D eigenvalue weighted by molar-refractivity contribution is 7.18. The lowest BCUT2D eigenvalue weighted by Crippen LogP contribution is -2.12. The molecule has 0 unspecified atom stereocenters. The summed E-state index contributed by atoms with van der Waals surface area (Å²) in [6.45, 7) is 5.76. The summed E-state index contributed by atoms with van der Waals surface area (Å²) in [5, 5.41) is 10.2. The van der Waals surface area contributed by atoms with Crippen molar-refractivity contribution in [3.63, 3.8) is 0 Å². The Morgan fingerprint density at radius 1 is 0.429 bits per heavy atom. The molecule has 15 heteroatoms. The summed E-state index contributed by atoms with van der Waals surface area (Å²) in [5.74, 6) is 1.20. The molecule has 0 saturated heterocycles. The molecule has 3 amide bonds. The molecule has 84 heavy (non-hydrogen) atoms. The monoisotopic (exact) mass is 1210 g/mol. The molecule has 0 spiro atoms. The topological polar surface area (TPSA) is 139 Å². The second-order valence-electron chi connectivity index (χ2n) is 21.6. The predicted molar refractivity (Wildman–Crippen MR) is 342 cm³/mol. The lowest BCUT2D eigenvalue weighted by atomic mass is 10.0.